The highest BCUT2D eigenvalue weighted by molar-refractivity contribution is 5.09. The predicted octanol–water partition coefficient (Wildman–Crippen LogP) is 1.15. The summed E-state index contributed by atoms with van der Waals surface area (Å²) in [6, 6.07) is 2.06. The van der Waals surface area contributed by atoms with Gasteiger partial charge in [-0.05, 0) is 20.3 Å². The van der Waals surface area contributed by atoms with Crippen molar-refractivity contribution >= 4 is 0 Å². The molecule has 3 heterocycles. The molecule has 0 radical (unpaired) electrons. The van der Waals surface area contributed by atoms with Crippen molar-refractivity contribution in [1.29, 1.82) is 0 Å². The number of methoxy groups -OCH3 is 1. The van der Waals surface area contributed by atoms with E-state index >= 15 is 0 Å². The van der Waals surface area contributed by atoms with Crippen molar-refractivity contribution in [2.45, 2.75) is 44.9 Å². The molecule has 5 nitrogen and oxygen atoms in total. The Morgan fingerprint density at radius 3 is 2.53 bits per heavy atom. The number of likely N-dealkylation sites (tertiary alicyclic amines) is 2. The summed E-state index contributed by atoms with van der Waals surface area (Å²) in [6.07, 6.45) is 4.87. The Kier molecular flexibility index (Phi) is 3.41. The summed E-state index contributed by atoms with van der Waals surface area (Å²) in [5.74, 6) is 0.582. The van der Waals surface area contributed by atoms with Crippen molar-refractivity contribution in [1.82, 2.24) is 19.8 Å². The summed E-state index contributed by atoms with van der Waals surface area (Å²) in [5.41, 5.74) is 1.04. The van der Waals surface area contributed by atoms with Crippen LogP contribution in [0, 0.1) is 0 Å². The number of nitrogens with zero attached hydrogens (tertiary/aromatic N) is 4. The second-order valence-electron chi connectivity index (χ2n) is 5.81. The molecule has 2 unspecified atom stereocenters. The summed E-state index contributed by atoms with van der Waals surface area (Å²) in [5, 5.41) is 0. The maximum Gasteiger partial charge on any atom is 0.231 e. The van der Waals surface area contributed by atoms with E-state index in [2.05, 4.69) is 33.6 Å². The lowest BCUT2D eigenvalue weighted by Crippen LogP contribution is -2.68. The highest BCUT2D eigenvalue weighted by Crippen LogP contribution is 2.34. The third-order valence-electron chi connectivity index (χ3n) is 4.34. The van der Waals surface area contributed by atoms with E-state index in [1.807, 2.05) is 6.20 Å². The monoisotopic (exact) mass is 262 g/mol. The summed E-state index contributed by atoms with van der Waals surface area (Å²) < 4.78 is 5.04. The molecule has 0 saturated carbocycles. The highest BCUT2D eigenvalue weighted by Gasteiger charge is 2.44. The first-order valence-electron chi connectivity index (χ1n) is 7.02. The third kappa shape index (κ3) is 2.44. The lowest BCUT2D eigenvalue weighted by atomic mass is 9.86. The number of hydrogen-bond donors (Lipinski definition) is 0. The van der Waals surface area contributed by atoms with Crippen molar-refractivity contribution in [2.75, 3.05) is 20.2 Å². The van der Waals surface area contributed by atoms with Gasteiger partial charge in [0.2, 0.25) is 5.88 Å². The molecule has 1 aromatic heterocycles. The molecule has 5 heteroatoms. The summed E-state index contributed by atoms with van der Waals surface area (Å²) in [4.78, 5) is 13.8. The minimum Gasteiger partial charge on any atom is -0.480 e. The molecule has 0 N–H and O–H groups in total. The number of ether oxygens (including phenoxy) is 1. The van der Waals surface area contributed by atoms with E-state index in [4.69, 9.17) is 4.74 Å². The lowest BCUT2D eigenvalue weighted by Gasteiger charge is -2.57. The number of hydrogen-bond acceptors (Lipinski definition) is 5. The molecule has 2 atom stereocenters. The van der Waals surface area contributed by atoms with Crippen LogP contribution in [0.3, 0.4) is 0 Å². The molecule has 0 spiro atoms. The van der Waals surface area contributed by atoms with Gasteiger partial charge in [0.1, 0.15) is 0 Å². The van der Waals surface area contributed by atoms with Crippen LogP contribution in [-0.4, -0.2) is 58.1 Å². The predicted molar refractivity (Wildman–Crippen MR) is 73.0 cm³/mol. The molecule has 2 bridgehead atoms. The number of piperazine rings is 1. The van der Waals surface area contributed by atoms with E-state index in [0.717, 1.165) is 12.2 Å². The van der Waals surface area contributed by atoms with Gasteiger partial charge in [0.05, 0.1) is 25.2 Å². The second kappa shape index (κ2) is 5.06. The molecule has 2 aliphatic heterocycles. The first-order valence-corrected chi connectivity index (χ1v) is 7.02. The zero-order chi connectivity index (χ0) is 13.4. The molecule has 2 aliphatic rings. The van der Waals surface area contributed by atoms with Crippen LogP contribution in [-0.2, 0) is 6.54 Å². The zero-order valence-electron chi connectivity index (χ0n) is 11.9. The van der Waals surface area contributed by atoms with Crippen molar-refractivity contribution in [3.05, 3.63) is 18.1 Å². The Labute approximate surface area is 114 Å². The van der Waals surface area contributed by atoms with Crippen molar-refractivity contribution < 1.29 is 4.74 Å². The van der Waals surface area contributed by atoms with Gasteiger partial charge in [0.15, 0.2) is 0 Å². The van der Waals surface area contributed by atoms with Crippen molar-refractivity contribution in [3.63, 3.8) is 0 Å². The van der Waals surface area contributed by atoms with Crippen molar-refractivity contribution in [2.24, 2.45) is 0 Å². The smallest absolute Gasteiger partial charge is 0.231 e. The molecule has 2 fully saturated rings. The number of piperidine rings is 1. The Bertz CT molecular complexity index is 422. The second-order valence-corrected chi connectivity index (χ2v) is 5.81. The third-order valence-corrected chi connectivity index (χ3v) is 4.34. The van der Waals surface area contributed by atoms with Crippen molar-refractivity contribution in [3.8, 4) is 5.88 Å². The van der Waals surface area contributed by atoms with Gasteiger partial charge >= 0.3 is 0 Å². The van der Waals surface area contributed by atoms with Gasteiger partial charge in [-0.3, -0.25) is 14.8 Å². The van der Waals surface area contributed by atoms with E-state index in [1.165, 1.54) is 19.5 Å². The fraction of sp³-hybridized carbons (Fsp3) is 0.714. The van der Waals surface area contributed by atoms with E-state index in [1.54, 1.807) is 13.3 Å². The average Bonchev–Trinajstić information content (AvgIpc) is 2.45. The standard InChI is InChI=1S/C14H22N4O/c1-10(2)17-8-12-4-13(9-17)18(12)7-11-5-16-14(19-3)6-15-11/h5-6,10,12-13H,4,7-9H2,1-3H3. The van der Waals surface area contributed by atoms with Crippen LogP contribution in [0.1, 0.15) is 26.0 Å². The number of fused-ring (bicyclic) bond motifs is 2. The highest BCUT2D eigenvalue weighted by atomic mass is 16.5. The SMILES string of the molecule is COc1cnc(CN2C3CC2CN(C(C)C)C3)cn1. The van der Waals surface area contributed by atoms with Gasteiger partial charge in [-0.2, -0.15) is 0 Å². The molecule has 1 aromatic rings. The molecule has 0 amide bonds. The molecule has 2 saturated heterocycles. The number of aromatic nitrogens is 2. The van der Waals surface area contributed by atoms with E-state index in [0.29, 0.717) is 24.0 Å². The first kappa shape index (κ1) is 12.8. The summed E-state index contributed by atoms with van der Waals surface area (Å²) >= 11 is 0. The van der Waals surface area contributed by atoms with Crippen LogP contribution in [0.4, 0.5) is 0 Å². The fourth-order valence-corrected chi connectivity index (χ4v) is 3.12. The topological polar surface area (TPSA) is 41.5 Å². The van der Waals surface area contributed by atoms with Crippen LogP contribution < -0.4 is 4.74 Å². The van der Waals surface area contributed by atoms with Gasteiger partial charge in [0, 0.05) is 37.8 Å². The summed E-state index contributed by atoms with van der Waals surface area (Å²) in [7, 11) is 1.62. The van der Waals surface area contributed by atoms with Crippen LogP contribution >= 0.6 is 0 Å². The van der Waals surface area contributed by atoms with Crippen LogP contribution in [0.5, 0.6) is 5.88 Å². The molecular formula is C14H22N4O. The lowest BCUT2D eigenvalue weighted by molar-refractivity contribution is -0.0841. The maximum absolute atomic E-state index is 5.04. The molecule has 0 aliphatic carbocycles. The largest absolute Gasteiger partial charge is 0.480 e. The molecular weight excluding hydrogens is 240 g/mol. The van der Waals surface area contributed by atoms with E-state index in [9.17, 15) is 0 Å². The number of rotatable bonds is 4. The van der Waals surface area contributed by atoms with E-state index in [-0.39, 0.29) is 0 Å². The summed E-state index contributed by atoms with van der Waals surface area (Å²) in [6.45, 7) is 7.86. The molecule has 0 aromatic carbocycles. The van der Waals surface area contributed by atoms with Gasteiger partial charge in [-0.15, -0.1) is 0 Å². The maximum atomic E-state index is 5.04. The van der Waals surface area contributed by atoms with Crippen LogP contribution in [0.2, 0.25) is 0 Å². The first-order chi connectivity index (χ1) is 9.17. The van der Waals surface area contributed by atoms with Crippen LogP contribution in [0.15, 0.2) is 12.4 Å². The Balaban J connectivity index is 1.60. The molecule has 104 valence electrons. The molecule has 19 heavy (non-hydrogen) atoms. The van der Waals surface area contributed by atoms with Gasteiger partial charge < -0.3 is 4.74 Å². The Morgan fingerprint density at radius 2 is 2.00 bits per heavy atom. The minimum atomic E-state index is 0.582. The quantitative estimate of drug-likeness (QED) is 0.814. The van der Waals surface area contributed by atoms with Gasteiger partial charge in [-0.25, -0.2) is 4.98 Å². The van der Waals surface area contributed by atoms with Gasteiger partial charge in [-0.1, -0.05) is 0 Å². The molecule has 3 rings (SSSR count). The Hall–Kier alpha value is -1.20. The zero-order valence-corrected chi connectivity index (χ0v) is 11.9. The minimum absolute atomic E-state index is 0.582. The van der Waals surface area contributed by atoms with E-state index < -0.39 is 0 Å². The van der Waals surface area contributed by atoms with Crippen LogP contribution in [0.25, 0.3) is 0 Å². The average molecular weight is 262 g/mol. The fourth-order valence-electron chi connectivity index (χ4n) is 3.12. The van der Waals surface area contributed by atoms with Gasteiger partial charge in [0.25, 0.3) is 0 Å². The normalized spacial score (nSPS) is 27.4. The Morgan fingerprint density at radius 1 is 1.26 bits per heavy atom.